The summed E-state index contributed by atoms with van der Waals surface area (Å²) >= 11 is 6.24. The van der Waals surface area contributed by atoms with Crippen molar-refractivity contribution < 1.29 is 9.47 Å². The Bertz CT molecular complexity index is 405. The summed E-state index contributed by atoms with van der Waals surface area (Å²) in [7, 11) is 3.58. The zero-order valence-corrected chi connectivity index (χ0v) is 11.7. The summed E-state index contributed by atoms with van der Waals surface area (Å²) in [6.45, 7) is 0.898. The van der Waals surface area contributed by atoms with Gasteiger partial charge in [-0.1, -0.05) is 11.6 Å². The van der Waals surface area contributed by atoms with Gasteiger partial charge in [0.1, 0.15) is 0 Å². The molecule has 0 aromatic heterocycles. The molecule has 4 heteroatoms. The zero-order valence-electron chi connectivity index (χ0n) is 11.0. The number of methoxy groups -OCH3 is 1. The van der Waals surface area contributed by atoms with Gasteiger partial charge in [0.15, 0.2) is 11.5 Å². The maximum atomic E-state index is 6.24. The molecule has 18 heavy (non-hydrogen) atoms. The molecule has 0 atom stereocenters. The van der Waals surface area contributed by atoms with Crippen molar-refractivity contribution in [3.63, 3.8) is 0 Å². The van der Waals surface area contributed by atoms with Crippen molar-refractivity contribution in [2.45, 2.75) is 31.8 Å². The van der Waals surface area contributed by atoms with E-state index in [1.807, 2.05) is 19.2 Å². The molecular weight excluding hydrogens is 250 g/mol. The molecule has 1 aromatic rings. The van der Waals surface area contributed by atoms with Crippen LogP contribution in [0, 0.1) is 0 Å². The number of likely N-dealkylation sites (N-methyl/N-ethyl adjacent to an activating group) is 1. The molecule has 1 fully saturated rings. The number of halogens is 1. The molecule has 1 saturated carbocycles. The van der Waals surface area contributed by atoms with E-state index in [1.54, 1.807) is 7.11 Å². The molecule has 1 N–H and O–H groups in total. The van der Waals surface area contributed by atoms with E-state index < -0.39 is 0 Å². The molecule has 100 valence electrons. The summed E-state index contributed by atoms with van der Waals surface area (Å²) in [5.74, 6) is 1.54. The Morgan fingerprint density at radius 3 is 2.67 bits per heavy atom. The van der Waals surface area contributed by atoms with Gasteiger partial charge in [-0.3, -0.25) is 0 Å². The maximum absolute atomic E-state index is 6.24. The normalized spacial score (nSPS) is 15.3. The van der Waals surface area contributed by atoms with Gasteiger partial charge in [-0.05, 0) is 50.9 Å². The van der Waals surface area contributed by atoms with Crippen LogP contribution in [0.1, 0.15) is 24.8 Å². The van der Waals surface area contributed by atoms with Crippen LogP contribution in [0.4, 0.5) is 0 Å². The molecule has 0 amide bonds. The van der Waals surface area contributed by atoms with Crippen LogP contribution >= 0.6 is 11.6 Å². The molecule has 0 bridgehead atoms. The molecule has 2 rings (SSSR count). The molecular formula is C14H20ClNO2. The van der Waals surface area contributed by atoms with Gasteiger partial charge in [0.05, 0.1) is 13.2 Å². The van der Waals surface area contributed by atoms with Crippen molar-refractivity contribution in [3.05, 3.63) is 22.7 Å². The van der Waals surface area contributed by atoms with E-state index in [0.717, 1.165) is 47.9 Å². The molecule has 0 aliphatic heterocycles. The van der Waals surface area contributed by atoms with Gasteiger partial charge in [-0.25, -0.2) is 0 Å². The fraction of sp³-hybridized carbons (Fsp3) is 0.571. The Balaban J connectivity index is 2.17. The van der Waals surface area contributed by atoms with Crippen LogP contribution in [-0.4, -0.2) is 26.8 Å². The van der Waals surface area contributed by atoms with E-state index in [1.165, 1.54) is 6.42 Å². The van der Waals surface area contributed by atoms with Crippen LogP contribution in [-0.2, 0) is 6.42 Å². The van der Waals surface area contributed by atoms with Gasteiger partial charge < -0.3 is 14.8 Å². The quantitative estimate of drug-likeness (QED) is 0.861. The first kappa shape index (κ1) is 13.5. The summed E-state index contributed by atoms with van der Waals surface area (Å²) in [4.78, 5) is 0. The first-order chi connectivity index (χ1) is 8.74. The van der Waals surface area contributed by atoms with Crippen molar-refractivity contribution in [2.75, 3.05) is 20.7 Å². The van der Waals surface area contributed by atoms with E-state index in [2.05, 4.69) is 5.32 Å². The lowest BCUT2D eigenvalue weighted by molar-refractivity contribution is 0.116. The second-order valence-electron chi connectivity index (χ2n) is 4.62. The standard InChI is InChI=1S/C14H20ClNO2/c1-16-7-6-10-8-14(18-11-4-3-5-11)13(17-2)9-12(10)15/h8-9,11,16H,3-7H2,1-2H3. The summed E-state index contributed by atoms with van der Waals surface area (Å²) in [6.07, 6.45) is 4.76. The molecule has 0 heterocycles. The lowest BCUT2D eigenvalue weighted by atomic mass is 9.96. The highest BCUT2D eigenvalue weighted by Gasteiger charge is 2.21. The van der Waals surface area contributed by atoms with Crippen molar-refractivity contribution in [1.29, 1.82) is 0 Å². The first-order valence-corrected chi connectivity index (χ1v) is 6.80. The van der Waals surface area contributed by atoms with Crippen molar-refractivity contribution in [2.24, 2.45) is 0 Å². The lowest BCUT2D eigenvalue weighted by Crippen LogP contribution is -2.24. The summed E-state index contributed by atoms with van der Waals surface area (Å²) < 4.78 is 11.3. The summed E-state index contributed by atoms with van der Waals surface area (Å²) in [5.41, 5.74) is 1.10. The Morgan fingerprint density at radius 2 is 2.11 bits per heavy atom. The number of rotatable bonds is 6. The van der Waals surface area contributed by atoms with Gasteiger partial charge >= 0.3 is 0 Å². The monoisotopic (exact) mass is 269 g/mol. The van der Waals surface area contributed by atoms with E-state index in [0.29, 0.717) is 6.10 Å². The zero-order chi connectivity index (χ0) is 13.0. The van der Waals surface area contributed by atoms with Gasteiger partial charge in [-0.15, -0.1) is 0 Å². The predicted octanol–water partition coefficient (Wildman–Crippen LogP) is 3.04. The number of hydrogen-bond acceptors (Lipinski definition) is 3. The number of hydrogen-bond donors (Lipinski definition) is 1. The van der Waals surface area contributed by atoms with E-state index in [4.69, 9.17) is 21.1 Å². The number of nitrogens with one attached hydrogen (secondary N) is 1. The Kier molecular flexibility index (Phi) is 4.72. The Hall–Kier alpha value is -0.930. The lowest BCUT2D eigenvalue weighted by Gasteiger charge is -2.27. The van der Waals surface area contributed by atoms with Crippen LogP contribution in [0.5, 0.6) is 11.5 Å². The Labute approximate surface area is 113 Å². The molecule has 0 spiro atoms. The van der Waals surface area contributed by atoms with E-state index >= 15 is 0 Å². The van der Waals surface area contributed by atoms with Gasteiger partial charge in [0, 0.05) is 11.1 Å². The third-order valence-corrected chi connectivity index (χ3v) is 3.67. The molecule has 1 aromatic carbocycles. The summed E-state index contributed by atoms with van der Waals surface area (Å²) in [6, 6.07) is 3.86. The van der Waals surface area contributed by atoms with Crippen LogP contribution in [0.2, 0.25) is 5.02 Å². The van der Waals surface area contributed by atoms with Gasteiger partial charge in [0.2, 0.25) is 0 Å². The smallest absolute Gasteiger partial charge is 0.162 e. The second-order valence-corrected chi connectivity index (χ2v) is 5.03. The van der Waals surface area contributed by atoms with Gasteiger partial charge in [-0.2, -0.15) is 0 Å². The number of benzene rings is 1. The molecule has 3 nitrogen and oxygen atoms in total. The first-order valence-electron chi connectivity index (χ1n) is 6.42. The van der Waals surface area contributed by atoms with E-state index in [9.17, 15) is 0 Å². The molecule has 1 aliphatic rings. The summed E-state index contributed by atoms with van der Waals surface area (Å²) in [5, 5.41) is 3.86. The topological polar surface area (TPSA) is 30.5 Å². The molecule has 0 saturated heterocycles. The van der Waals surface area contributed by atoms with Crippen LogP contribution in [0.3, 0.4) is 0 Å². The average Bonchev–Trinajstić information content (AvgIpc) is 2.33. The Morgan fingerprint density at radius 1 is 1.33 bits per heavy atom. The van der Waals surface area contributed by atoms with Crippen molar-refractivity contribution in [3.8, 4) is 11.5 Å². The van der Waals surface area contributed by atoms with Crippen LogP contribution < -0.4 is 14.8 Å². The fourth-order valence-corrected chi connectivity index (χ4v) is 2.20. The minimum atomic E-state index is 0.345. The third kappa shape index (κ3) is 3.09. The molecule has 1 aliphatic carbocycles. The molecule has 0 radical (unpaired) electrons. The highest BCUT2D eigenvalue weighted by molar-refractivity contribution is 6.31. The van der Waals surface area contributed by atoms with Crippen LogP contribution in [0.25, 0.3) is 0 Å². The maximum Gasteiger partial charge on any atom is 0.162 e. The van der Waals surface area contributed by atoms with Crippen LogP contribution in [0.15, 0.2) is 12.1 Å². The number of ether oxygens (including phenoxy) is 2. The minimum absolute atomic E-state index is 0.345. The van der Waals surface area contributed by atoms with Crippen molar-refractivity contribution >= 4 is 11.6 Å². The van der Waals surface area contributed by atoms with Gasteiger partial charge in [0.25, 0.3) is 0 Å². The predicted molar refractivity (Wildman–Crippen MR) is 73.9 cm³/mol. The largest absolute Gasteiger partial charge is 0.493 e. The average molecular weight is 270 g/mol. The van der Waals surface area contributed by atoms with E-state index in [-0.39, 0.29) is 0 Å². The third-order valence-electron chi connectivity index (χ3n) is 3.32. The fourth-order valence-electron chi connectivity index (χ4n) is 1.95. The van der Waals surface area contributed by atoms with Crippen molar-refractivity contribution in [1.82, 2.24) is 5.32 Å². The minimum Gasteiger partial charge on any atom is -0.493 e. The SMILES string of the molecule is CNCCc1cc(OC2CCC2)c(OC)cc1Cl. The highest BCUT2D eigenvalue weighted by atomic mass is 35.5. The molecule has 0 unspecified atom stereocenters. The second kappa shape index (κ2) is 6.30. The highest BCUT2D eigenvalue weighted by Crippen LogP contribution is 2.36.